The molecule has 1 aliphatic carbocycles. The van der Waals surface area contributed by atoms with Gasteiger partial charge in [-0.05, 0) is 32.6 Å². The smallest absolute Gasteiger partial charge is 0.334 e. The lowest BCUT2D eigenvalue weighted by atomic mass is 9.90. The van der Waals surface area contributed by atoms with Crippen molar-refractivity contribution in [3.63, 3.8) is 0 Å². The Morgan fingerprint density at radius 2 is 1.81 bits per heavy atom. The lowest BCUT2D eigenvalue weighted by Crippen LogP contribution is -2.39. The Balaban J connectivity index is 2.51. The number of nitrogens with zero attached hydrogens (tertiary/aromatic N) is 1. The number of carbonyl (C=O) groups is 4. The summed E-state index contributed by atoms with van der Waals surface area (Å²) in [4.78, 5) is 51.2. The first-order chi connectivity index (χ1) is 15.3. The van der Waals surface area contributed by atoms with Crippen LogP contribution < -0.4 is 4.90 Å². The van der Waals surface area contributed by atoms with Gasteiger partial charge in [-0.25, -0.2) is 9.69 Å². The van der Waals surface area contributed by atoms with Gasteiger partial charge >= 0.3 is 11.9 Å². The molecule has 1 aliphatic rings. The van der Waals surface area contributed by atoms with Crippen LogP contribution in [0.5, 0.6) is 0 Å². The van der Waals surface area contributed by atoms with Crippen molar-refractivity contribution in [3.05, 3.63) is 38.8 Å². The van der Waals surface area contributed by atoms with Crippen molar-refractivity contribution >= 4 is 52.4 Å². The zero-order valence-electron chi connectivity index (χ0n) is 18.0. The van der Waals surface area contributed by atoms with Crippen LogP contribution in [0.2, 0.25) is 5.02 Å². The minimum Gasteiger partial charge on any atom is -0.466 e. The molecule has 0 saturated carbocycles. The SMILES string of the molecule is C=CCOC(=O)C1=C(C(=O)N(C(=O)CC)c2c(F)sc(CC(=O)OCC)c2Cl)CCCC1. The van der Waals surface area contributed by atoms with E-state index < -0.39 is 34.6 Å². The van der Waals surface area contributed by atoms with Gasteiger partial charge in [-0.15, -0.1) is 11.3 Å². The zero-order chi connectivity index (χ0) is 23.8. The summed E-state index contributed by atoms with van der Waals surface area (Å²) in [5.74, 6) is -2.78. The van der Waals surface area contributed by atoms with Gasteiger partial charge in [-0.2, -0.15) is 4.39 Å². The quantitative estimate of drug-likeness (QED) is 0.377. The molecule has 0 bridgehead atoms. The van der Waals surface area contributed by atoms with E-state index in [0.29, 0.717) is 35.5 Å². The molecule has 0 unspecified atom stereocenters. The van der Waals surface area contributed by atoms with Crippen molar-refractivity contribution in [2.24, 2.45) is 0 Å². The molecule has 0 N–H and O–H groups in total. The maximum atomic E-state index is 14.9. The second-order valence-electron chi connectivity index (χ2n) is 6.88. The van der Waals surface area contributed by atoms with Crippen molar-refractivity contribution in [2.75, 3.05) is 18.1 Å². The molecule has 0 radical (unpaired) electrons. The van der Waals surface area contributed by atoms with E-state index in [2.05, 4.69) is 6.58 Å². The molecule has 32 heavy (non-hydrogen) atoms. The monoisotopic (exact) mass is 485 g/mol. The van der Waals surface area contributed by atoms with Gasteiger partial charge in [-0.3, -0.25) is 14.4 Å². The Hall–Kier alpha value is -2.52. The van der Waals surface area contributed by atoms with Gasteiger partial charge in [-0.1, -0.05) is 31.2 Å². The third-order valence-corrected chi connectivity index (χ3v) is 6.23. The van der Waals surface area contributed by atoms with E-state index in [1.54, 1.807) is 6.92 Å². The van der Waals surface area contributed by atoms with E-state index in [4.69, 9.17) is 21.1 Å². The second kappa shape index (κ2) is 11.9. The summed E-state index contributed by atoms with van der Waals surface area (Å²) in [5.41, 5.74) is -0.152. The highest BCUT2D eigenvalue weighted by molar-refractivity contribution is 7.11. The number of esters is 2. The van der Waals surface area contributed by atoms with E-state index in [9.17, 15) is 23.6 Å². The molecule has 0 spiro atoms. The Morgan fingerprint density at radius 1 is 1.16 bits per heavy atom. The fraction of sp³-hybridized carbons (Fsp3) is 0.455. The van der Waals surface area contributed by atoms with Crippen molar-refractivity contribution < 1.29 is 33.0 Å². The highest BCUT2D eigenvalue weighted by Crippen LogP contribution is 2.41. The number of rotatable bonds is 9. The Kier molecular flexibility index (Phi) is 9.59. The summed E-state index contributed by atoms with van der Waals surface area (Å²) in [6.07, 6.45) is 2.85. The van der Waals surface area contributed by atoms with Crippen LogP contribution in [0.15, 0.2) is 23.8 Å². The zero-order valence-corrected chi connectivity index (χ0v) is 19.6. The molecule has 2 rings (SSSR count). The van der Waals surface area contributed by atoms with Crippen LogP contribution in [0.25, 0.3) is 0 Å². The number of anilines is 1. The number of ether oxygens (including phenoxy) is 2. The summed E-state index contributed by atoms with van der Waals surface area (Å²) >= 11 is 6.89. The standard InChI is InChI=1S/C22H25ClFNO6S/c1-4-11-31-22(29)14-10-8-7-9-13(14)21(28)25(16(26)5-2)19-18(23)15(32-20(19)24)12-17(27)30-6-3/h4H,1,5-12H2,2-3H3. The maximum absolute atomic E-state index is 14.9. The van der Waals surface area contributed by atoms with E-state index in [0.717, 1.165) is 0 Å². The van der Waals surface area contributed by atoms with Crippen molar-refractivity contribution in [2.45, 2.75) is 52.4 Å². The molecule has 2 amide bonds. The first kappa shape index (κ1) is 25.7. The average Bonchev–Trinajstić information content (AvgIpc) is 3.05. The molecule has 174 valence electrons. The maximum Gasteiger partial charge on any atom is 0.334 e. The van der Waals surface area contributed by atoms with Crippen LogP contribution in [0, 0.1) is 5.13 Å². The summed E-state index contributed by atoms with van der Waals surface area (Å²) in [6, 6.07) is 0. The highest BCUT2D eigenvalue weighted by Gasteiger charge is 2.35. The molecule has 7 nitrogen and oxygen atoms in total. The first-order valence-electron chi connectivity index (χ1n) is 10.3. The number of amides is 2. The van der Waals surface area contributed by atoms with Crippen molar-refractivity contribution in [3.8, 4) is 0 Å². The minimum atomic E-state index is -0.878. The molecule has 0 atom stereocenters. The molecule has 0 aromatic carbocycles. The van der Waals surface area contributed by atoms with Crippen LogP contribution in [0.1, 0.15) is 50.8 Å². The summed E-state index contributed by atoms with van der Waals surface area (Å²) in [5, 5.41) is -1.08. The highest BCUT2D eigenvalue weighted by atomic mass is 35.5. The average molecular weight is 486 g/mol. The molecular formula is C22H25ClFNO6S. The van der Waals surface area contributed by atoms with Gasteiger partial charge in [0, 0.05) is 22.4 Å². The van der Waals surface area contributed by atoms with Crippen molar-refractivity contribution in [1.29, 1.82) is 0 Å². The third-order valence-electron chi connectivity index (χ3n) is 4.75. The van der Waals surface area contributed by atoms with E-state index in [-0.39, 0.29) is 53.5 Å². The molecule has 1 aromatic heterocycles. The summed E-state index contributed by atoms with van der Waals surface area (Å²) in [7, 11) is 0. The van der Waals surface area contributed by atoms with Gasteiger partial charge in [0.1, 0.15) is 12.3 Å². The van der Waals surface area contributed by atoms with Crippen LogP contribution >= 0.6 is 22.9 Å². The lowest BCUT2D eigenvalue weighted by molar-refractivity contribution is -0.142. The predicted molar refractivity (Wildman–Crippen MR) is 119 cm³/mol. The summed E-state index contributed by atoms with van der Waals surface area (Å²) in [6.45, 7) is 6.77. The fourth-order valence-electron chi connectivity index (χ4n) is 3.28. The van der Waals surface area contributed by atoms with Gasteiger partial charge in [0.05, 0.1) is 18.1 Å². The normalized spacial score (nSPS) is 13.5. The van der Waals surface area contributed by atoms with Crippen LogP contribution in [0.4, 0.5) is 10.1 Å². The number of hydrogen-bond donors (Lipinski definition) is 0. The molecule has 10 heteroatoms. The Labute approximate surface area is 194 Å². The Morgan fingerprint density at radius 3 is 2.41 bits per heavy atom. The van der Waals surface area contributed by atoms with Crippen LogP contribution in [-0.4, -0.2) is 37.0 Å². The molecule has 0 saturated heterocycles. The second-order valence-corrected chi connectivity index (χ2v) is 8.32. The number of carbonyl (C=O) groups excluding carboxylic acids is 4. The van der Waals surface area contributed by atoms with Gasteiger partial charge in [0.25, 0.3) is 5.91 Å². The van der Waals surface area contributed by atoms with Crippen molar-refractivity contribution in [1.82, 2.24) is 0 Å². The van der Waals surface area contributed by atoms with E-state index in [1.165, 1.54) is 13.0 Å². The number of imide groups is 1. The molecule has 0 aliphatic heterocycles. The lowest BCUT2D eigenvalue weighted by Gasteiger charge is -2.25. The number of hydrogen-bond acceptors (Lipinski definition) is 7. The van der Waals surface area contributed by atoms with Crippen LogP contribution in [-0.2, 0) is 35.1 Å². The molecule has 0 fully saturated rings. The number of halogens is 2. The minimum absolute atomic E-state index is 0.0242. The topological polar surface area (TPSA) is 90.0 Å². The van der Waals surface area contributed by atoms with Gasteiger partial charge in [0.2, 0.25) is 11.0 Å². The van der Waals surface area contributed by atoms with Gasteiger partial charge < -0.3 is 9.47 Å². The van der Waals surface area contributed by atoms with E-state index in [1.807, 2.05) is 0 Å². The fourth-order valence-corrected chi connectivity index (χ4v) is 4.57. The largest absolute Gasteiger partial charge is 0.466 e. The Bertz CT molecular complexity index is 954. The summed E-state index contributed by atoms with van der Waals surface area (Å²) < 4.78 is 24.9. The van der Waals surface area contributed by atoms with E-state index >= 15 is 0 Å². The molecular weight excluding hydrogens is 461 g/mol. The predicted octanol–water partition coefficient (Wildman–Crippen LogP) is 4.52. The third kappa shape index (κ3) is 5.83. The number of thiophene rings is 1. The van der Waals surface area contributed by atoms with Crippen LogP contribution in [0.3, 0.4) is 0 Å². The molecule has 1 heterocycles. The van der Waals surface area contributed by atoms with Gasteiger partial charge in [0.15, 0.2) is 0 Å². The molecule has 1 aromatic rings. The first-order valence-corrected chi connectivity index (χ1v) is 11.5.